The number of nitrogens with zero attached hydrogens (tertiary/aromatic N) is 3. The highest BCUT2D eigenvalue weighted by atomic mass is 16.2. The van der Waals surface area contributed by atoms with Crippen molar-refractivity contribution in [3.05, 3.63) is 77.5 Å². The molecule has 1 N–H and O–H groups in total. The Kier molecular flexibility index (Phi) is 4.75. The van der Waals surface area contributed by atoms with Gasteiger partial charge in [0.05, 0.1) is 0 Å². The van der Waals surface area contributed by atoms with E-state index in [0.29, 0.717) is 11.5 Å². The van der Waals surface area contributed by atoms with Gasteiger partial charge in [-0.15, -0.1) is 10.2 Å². The van der Waals surface area contributed by atoms with E-state index in [9.17, 15) is 4.79 Å². The number of para-hydroxylation sites is 1. The van der Waals surface area contributed by atoms with Gasteiger partial charge in [-0.1, -0.05) is 30.3 Å². The first-order chi connectivity index (χ1) is 12.1. The maximum Gasteiger partial charge on any atom is 0.278 e. The number of aryl methyl sites for hydroxylation is 1. The Morgan fingerprint density at radius 2 is 1.68 bits per heavy atom. The maximum atomic E-state index is 12.5. The zero-order valence-electron chi connectivity index (χ0n) is 14.5. The molecule has 1 amide bonds. The largest absolute Gasteiger partial charge is 0.339 e. The molecule has 1 heterocycles. The van der Waals surface area contributed by atoms with Crippen LogP contribution in [0.4, 0.5) is 17.2 Å². The van der Waals surface area contributed by atoms with E-state index in [2.05, 4.69) is 35.4 Å². The van der Waals surface area contributed by atoms with Crippen molar-refractivity contribution in [2.75, 3.05) is 17.3 Å². The van der Waals surface area contributed by atoms with Crippen molar-refractivity contribution < 1.29 is 4.79 Å². The Balaban J connectivity index is 1.76. The fourth-order valence-electron chi connectivity index (χ4n) is 2.48. The van der Waals surface area contributed by atoms with Gasteiger partial charge in [-0.3, -0.25) is 4.79 Å². The molecule has 0 bridgehead atoms. The molecule has 126 valence electrons. The van der Waals surface area contributed by atoms with Crippen molar-refractivity contribution >= 4 is 23.1 Å². The first-order valence-electron chi connectivity index (χ1n) is 8.06. The summed E-state index contributed by atoms with van der Waals surface area (Å²) >= 11 is 0. The Morgan fingerprint density at radius 1 is 0.920 bits per heavy atom. The van der Waals surface area contributed by atoms with E-state index in [1.165, 1.54) is 5.56 Å². The highest BCUT2D eigenvalue weighted by Crippen LogP contribution is 2.21. The monoisotopic (exact) mass is 332 g/mol. The number of rotatable bonds is 4. The van der Waals surface area contributed by atoms with Crippen molar-refractivity contribution in [3.8, 4) is 0 Å². The maximum absolute atomic E-state index is 12.5. The second kappa shape index (κ2) is 7.13. The average molecular weight is 332 g/mol. The van der Waals surface area contributed by atoms with Gasteiger partial charge in [-0.25, -0.2) is 0 Å². The summed E-state index contributed by atoms with van der Waals surface area (Å²) in [5, 5.41) is 11.4. The van der Waals surface area contributed by atoms with Crippen LogP contribution in [0.5, 0.6) is 0 Å². The third kappa shape index (κ3) is 3.66. The van der Waals surface area contributed by atoms with Crippen molar-refractivity contribution in [2.24, 2.45) is 0 Å². The van der Waals surface area contributed by atoms with Gasteiger partial charge in [-0.2, -0.15) is 0 Å². The van der Waals surface area contributed by atoms with E-state index in [1.54, 1.807) is 24.1 Å². The molecule has 3 rings (SSSR count). The average Bonchev–Trinajstić information content (AvgIpc) is 2.65. The van der Waals surface area contributed by atoms with Crippen LogP contribution in [0.15, 0.2) is 60.7 Å². The van der Waals surface area contributed by atoms with Gasteiger partial charge in [0.15, 0.2) is 11.5 Å². The van der Waals surface area contributed by atoms with Crippen LogP contribution < -0.4 is 10.2 Å². The van der Waals surface area contributed by atoms with E-state index in [0.717, 1.165) is 16.9 Å². The fraction of sp³-hybridized carbons (Fsp3) is 0.150. The molecular weight excluding hydrogens is 312 g/mol. The smallest absolute Gasteiger partial charge is 0.278 e. The molecule has 5 heteroatoms. The molecule has 0 saturated carbocycles. The number of hydrogen-bond donors (Lipinski definition) is 1. The van der Waals surface area contributed by atoms with Crippen molar-refractivity contribution in [1.82, 2.24) is 10.2 Å². The van der Waals surface area contributed by atoms with Gasteiger partial charge in [0.2, 0.25) is 0 Å². The predicted octanol–water partition coefficient (Wildman–Crippen LogP) is 4.11. The fourth-order valence-corrected chi connectivity index (χ4v) is 2.48. The number of carbonyl (C=O) groups is 1. The summed E-state index contributed by atoms with van der Waals surface area (Å²) < 4.78 is 0. The summed E-state index contributed by atoms with van der Waals surface area (Å²) in [7, 11) is 1.72. The molecule has 0 fully saturated rings. The van der Waals surface area contributed by atoms with Crippen LogP contribution in [-0.4, -0.2) is 23.2 Å². The lowest BCUT2D eigenvalue weighted by molar-refractivity contribution is 0.0987. The van der Waals surface area contributed by atoms with Crippen LogP contribution in [-0.2, 0) is 0 Å². The summed E-state index contributed by atoms with van der Waals surface area (Å²) in [5.74, 6) is 0.407. The standard InChI is InChI=1S/C20H20N4O/c1-14-8-7-11-17(15(14)2)21-19-13-12-18(22-23-19)20(25)24(3)16-9-5-4-6-10-16/h4-13H,1-3H3,(H,21,23). The molecule has 0 radical (unpaired) electrons. The Bertz CT molecular complexity index is 876. The molecule has 0 atom stereocenters. The lowest BCUT2D eigenvalue weighted by Gasteiger charge is -2.16. The molecule has 0 aliphatic heterocycles. The number of nitrogens with one attached hydrogen (secondary N) is 1. The van der Waals surface area contributed by atoms with Crippen LogP contribution >= 0.6 is 0 Å². The van der Waals surface area contributed by atoms with E-state index < -0.39 is 0 Å². The number of aromatic nitrogens is 2. The van der Waals surface area contributed by atoms with Gasteiger partial charge in [-0.05, 0) is 55.3 Å². The summed E-state index contributed by atoms with van der Waals surface area (Å²) in [6.07, 6.45) is 0. The lowest BCUT2D eigenvalue weighted by Crippen LogP contribution is -2.27. The quantitative estimate of drug-likeness (QED) is 0.781. The van der Waals surface area contributed by atoms with E-state index in [-0.39, 0.29) is 5.91 Å². The molecule has 0 aliphatic carbocycles. The topological polar surface area (TPSA) is 58.1 Å². The first kappa shape index (κ1) is 16.6. The Hall–Kier alpha value is -3.21. The molecule has 0 spiro atoms. The normalized spacial score (nSPS) is 10.4. The second-order valence-electron chi connectivity index (χ2n) is 5.88. The highest BCUT2D eigenvalue weighted by Gasteiger charge is 2.15. The van der Waals surface area contributed by atoms with E-state index >= 15 is 0 Å². The van der Waals surface area contributed by atoms with Gasteiger partial charge in [0.1, 0.15) is 0 Å². The van der Waals surface area contributed by atoms with Crippen LogP contribution in [0.2, 0.25) is 0 Å². The van der Waals surface area contributed by atoms with Gasteiger partial charge in [0.25, 0.3) is 5.91 Å². The zero-order valence-corrected chi connectivity index (χ0v) is 14.5. The predicted molar refractivity (Wildman–Crippen MR) is 100 cm³/mol. The van der Waals surface area contributed by atoms with Crippen molar-refractivity contribution in [2.45, 2.75) is 13.8 Å². The minimum absolute atomic E-state index is 0.197. The second-order valence-corrected chi connectivity index (χ2v) is 5.88. The Morgan fingerprint density at radius 3 is 2.36 bits per heavy atom. The third-order valence-electron chi connectivity index (χ3n) is 4.20. The van der Waals surface area contributed by atoms with Crippen LogP contribution in [0.25, 0.3) is 0 Å². The SMILES string of the molecule is Cc1cccc(Nc2ccc(C(=O)N(C)c3ccccc3)nn2)c1C. The van der Waals surface area contributed by atoms with Gasteiger partial charge >= 0.3 is 0 Å². The summed E-state index contributed by atoms with van der Waals surface area (Å²) in [4.78, 5) is 14.1. The number of benzene rings is 2. The summed E-state index contributed by atoms with van der Waals surface area (Å²) in [5.41, 5.74) is 4.46. The van der Waals surface area contributed by atoms with Crippen molar-refractivity contribution in [1.29, 1.82) is 0 Å². The lowest BCUT2D eigenvalue weighted by atomic mass is 10.1. The minimum atomic E-state index is -0.197. The van der Waals surface area contributed by atoms with Crippen LogP contribution in [0.3, 0.4) is 0 Å². The summed E-state index contributed by atoms with van der Waals surface area (Å²) in [6.45, 7) is 4.12. The molecule has 1 aromatic heterocycles. The van der Waals surface area contributed by atoms with Gasteiger partial charge < -0.3 is 10.2 Å². The van der Waals surface area contributed by atoms with Gasteiger partial charge in [0, 0.05) is 18.4 Å². The minimum Gasteiger partial charge on any atom is -0.339 e. The molecule has 2 aromatic carbocycles. The number of amides is 1. The number of hydrogen-bond acceptors (Lipinski definition) is 4. The van der Waals surface area contributed by atoms with E-state index in [4.69, 9.17) is 0 Å². The Labute approximate surface area is 147 Å². The molecule has 5 nitrogen and oxygen atoms in total. The molecular formula is C20H20N4O. The van der Waals surface area contributed by atoms with Crippen LogP contribution in [0.1, 0.15) is 21.6 Å². The van der Waals surface area contributed by atoms with Crippen molar-refractivity contribution in [3.63, 3.8) is 0 Å². The van der Waals surface area contributed by atoms with E-state index in [1.807, 2.05) is 42.5 Å². The molecule has 0 unspecified atom stereocenters. The van der Waals surface area contributed by atoms with Crippen LogP contribution in [0, 0.1) is 13.8 Å². The first-order valence-corrected chi connectivity index (χ1v) is 8.06. The number of anilines is 3. The zero-order chi connectivity index (χ0) is 17.8. The molecule has 0 saturated heterocycles. The molecule has 3 aromatic rings. The number of carbonyl (C=O) groups excluding carboxylic acids is 1. The molecule has 0 aliphatic rings. The summed E-state index contributed by atoms with van der Waals surface area (Å²) in [6, 6.07) is 18.9. The third-order valence-corrected chi connectivity index (χ3v) is 4.20. The molecule has 25 heavy (non-hydrogen) atoms. The highest BCUT2D eigenvalue weighted by molar-refractivity contribution is 6.04.